The van der Waals surface area contributed by atoms with Crippen molar-refractivity contribution in [3.8, 4) is 11.4 Å². The number of hydrogen-bond donors (Lipinski definition) is 1. The Balaban J connectivity index is 1.93. The van der Waals surface area contributed by atoms with Gasteiger partial charge < -0.3 is 15.4 Å². The van der Waals surface area contributed by atoms with Crippen molar-refractivity contribution in [3.63, 3.8) is 0 Å². The molecule has 0 fully saturated rings. The number of aryl methyl sites for hydroxylation is 1. The quantitative estimate of drug-likeness (QED) is 0.667. The lowest BCUT2D eigenvalue weighted by molar-refractivity contribution is -0.141. The molecule has 4 rings (SSSR count). The topological polar surface area (TPSA) is 90.5 Å². The lowest BCUT2D eigenvalue weighted by Gasteiger charge is -2.28. The molecule has 2 heterocycles. The summed E-state index contributed by atoms with van der Waals surface area (Å²) >= 11 is 0. The van der Waals surface area contributed by atoms with Gasteiger partial charge >= 0.3 is 6.18 Å². The molecule has 0 unspecified atom stereocenters. The van der Waals surface area contributed by atoms with Crippen LogP contribution in [0.1, 0.15) is 37.7 Å². The van der Waals surface area contributed by atoms with E-state index in [0.29, 0.717) is 5.69 Å². The second-order valence-corrected chi connectivity index (χ2v) is 7.37. The number of aromatic nitrogens is 2. The molecule has 1 aromatic heterocycles. The molecule has 0 radical (unpaired) electrons. The van der Waals surface area contributed by atoms with Gasteiger partial charge in [0.1, 0.15) is 11.4 Å². The Morgan fingerprint density at radius 3 is 2.44 bits per heavy atom. The number of nitrogens with two attached hydrogens (primary N) is 1. The highest BCUT2D eigenvalue weighted by Crippen LogP contribution is 2.37. The first-order valence-electron chi connectivity index (χ1n) is 9.67. The number of nitrogens with zero attached hydrogens (tertiary/aromatic N) is 3. The van der Waals surface area contributed by atoms with Gasteiger partial charge in [-0.1, -0.05) is 17.7 Å². The first-order valence-corrected chi connectivity index (χ1v) is 9.67. The van der Waals surface area contributed by atoms with Crippen molar-refractivity contribution in [3.05, 3.63) is 70.5 Å². The maximum atomic E-state index is 13.8. The average molecular weight is 444 g/mol. The molecule has 7 nitrogen and oxygen atoms in total. The van der Waals surface area contributed by atoms with Crippen molar-refractivity contribution >= 4 is 17.5 Å². The molecule has 32 heavy (non-hydrogen) atoms. The molecule has 0 aliphatic carbocycles. The van der Waals surface area contributed by atoms with Gasteiger partial charge in [-0.15, -0.1) is 0 Å². The molecule has 1 aliphatic heterocycles. The number of rotatable bonds is 4. The van der Waals surface area contributed by atoms with Crippen LogP contribution in [0.2, 0.25) is 0 Å². The van der Waals surface area contributed by atoms with E-state index in [9.17, 15) is 22.8 Å². The number of amides is 2. The van der Waals surface area contributed by atoms with E-state index in [1.807, 2.05) is 19.1 Å². The van der Waals surface area contributed by atoms with Crippen molar-refractivity contribution < 1.29 is 27.5 Å². The van der Waals surface area contributed by atoms with Crippen molar-refractivity contribution in [1.82, 2.24) is 9.78 Å². The molecular formula is C22H19F3N4O3. The van der Waals surface area contributed by atoms with Crippen LogP contribution in [0.25, 0.3) is 5.69 Å². The van der Waals surface area contributed by atoms with E-state index in [1.54, 1.807) is 12.1 Å². The summed E-state index contributed by atoms with van der Waals surface area (Å²) in [6, 6.07) is 11.2. The van der Waals surface area contributed by atoms with Gasteiger partial charge in [0.15, 0.2) is 5.69 Å². The minimum Gasteiger partial charge on any atom is -0.497 e. The number of carbonyl (C=O) groups excluding carboxylic acids is 2. The van der Waals surface area contributed by atoms with Crippen LogP contribution in [0.3, 0.4) is 0 Å². The summed E-state index contributed by atoms with van der Waals surface area (Å²) in [4.78, 5) is 26.8. The van der Waals surface area contributed by atoms with Gasteiger partial charge in [-0.25, -0.2) is 4.68 Å². The first-order chi connectivity index (χ1) is 15.1. The van der Waals surface area contributed by atoms with Crippen LogP contribution in [-0.2, 0) is 12.6 Å². The summed E-state index contributed by atoms with van der Waals surface area (Å²) in [7, 11) is 1.38. The van der Waals surface area contributed by atoms with Gasteiger partial charge in [-0.3, -0.25) is 9.59 Å². The molecule has 0 bridgehead atoms. The highest BCUT2D eigenvalue weighted by molar-refractivity contribution is 6.08. The largest absolute Gasteiger partial charge is 0.497 e. The molecule has 0 atom stereocenters. The molecule has 1 aliphatic rings. The predicted molar refractivity (Wildman–Crippen MR) is 110 cm³/mol. The maximum Gasteiger partial charge on any atom is 0.435 e. The molecule has 0 saturated carbocycles. The molecule has 3 aromatic rings. The summed E-state index contributed by atoms with van der Waals surface area (Å²) in [5.74, 6) is -1.26. The van der Waals surface area contributed by atoms with Crippen LogP contribution < -0.4 is 15.4 Å². The number of ether oxygens (including phenoxy) is 1. The Hall–Kier alpha value is -3.82. The van der Waals surface area contributed by atoms with Crippen LogP contribution in [0.4, 0.5) is 18.9 Å². The van der Waals surface area contributed by atoms with Crippen LogP contribution in [0.5, 0.6) is 5.75 Å². The second-order valence-electron chi connectivity index (χ2n) is 7.37. The van der Waals surface area contributed by atoms with E-state index in [0.717, 1.165) is 10.2 Å². The van der Waals surface area contributed by atoms with Crippen LogP contribution >= 0.6 is 0 Å². The van der Waals surface area contributed by atoms with Crippen LogP contribution in [0, 0.1) is 6.92 Å². The number of halogens is 3. The lowest BCUT2D eigenvalue weighted by Crippen LogP contribution is -2.39. The average Bonchev–Trinajstić information content (AvgIpc) is 3.15. The summed E-state index contributed by atoms with van der Waals surface area (Å²) < 4.78 is 47.2. The molecule has 2 amide bonds. The molecule has 166 valence electrons. The fraction of sp³-hybridized carbons (Fsp3) is 0.227. The normalized spacial score (nSPS) is 13.8. The molecule has 2 N–H and O–H groups in total. The molecule has 0 saturated heterocycles. The number of methoxy groups -OCH3 is 1. The zero-order chi connectivity index (χ0) is 23.2. The van der Waals surface area contributed by atoms with E-state index in [2.05, 4.69) is 5.10 Å². The van der Waals surface area contributed by atoms with Crippen LogP contribution in [0.15, 0.2) is 42.5 Å². The van der Waals surface area contributed by atoms with E-state index in [4.69, 9.17) is 10.5 Å². The summed E-state index contributed by atoms with van der Waals surface area (Å²) in [5, 5.41) is 3.72. The van der Waals surface area contributed by atoms with Gasteiger partial charge in [-0.05, 0) is 43.7 Å². The first kappa shape index (κ1) is 21.4. The van der Waals surface area contributed by atoms with Crippen molar-refractivity contribution in [2.75, 3.05) is 18.6 Å². The SMILES string of the molecule is COc1ccc(-n2nc(C(F)(F)F)c3c2C(=O)N(c2ccc(C)cc2)CC3)c(C(N)=O)c1. The number of anilines is 1. The van der Waals surface area contributed by atoms with Gasteiger partial charge in [0.2, 0.25) is 0 Å². The zero-order valence-electron chi connectivity index (χ0n) is 17.2. The Labute approximate surface area is 181 Å². The Kier molecular flexibility index (Phi) is 5.15. The molecule has 0 spiro atoms. The van der Waals surface area contributed by atoms with E-state index in [-0.39, 0.29) is 41.2 Å². The molecule has 10 heteroatoms. The third kappa shape index (κ3) is 3.57. The molecule has 2 aromatic carbocycles. The maximum absolute atomic E-state index is 13.8. The van der Waals surface area contributed by atoms with Crippen LogP contribution in [-0.4, -0.2) is 35.2 Å². The predicted octanol–water partition coefficient (Wildman–Crippen LogP) is 3.51. The van der Waals surface area contributed by atoms with Gasteiger partial charge in [0.25, 0.3) is 11.8 Å². The van der Waals surface area contributed by atoms with E-state index < -0.39 is 23.7 Å². The fourth-order valence-electron chi connectivity index (χ4n) is 3.76. The third-order valence-electron chi connectivity index (χ3n) is 5.33. The lowest BCUT2D eigenvalue weighted by atomic mass is 10.0. The van der Waals surface area contributed by atoms with Crippen molar-refractivity contribution in [2.45, 2.75) is 19.5 Å². The monoisotopic (exact) mass is 444 g/mol. The zero-order valence-corrected chi connectivity index (χ0v) is 17.2. The third-order valence-corrected chi connectivity index (χ3v) is 5.33. The van der Waals surface area contributed by atoms with E-state index >= 15 is 0 Å². The Morgan fingerprint density at radius 1 is 1.16 bits per heavy atom. The highest BCUT2D eigenvalue weighted by atomic mass is 19.4. The smallest absolute Gasteiger partial charge is 0.435 e. The standard InChI is InChI=1S/C22H19F3N4O3/c1-12-3-5-13(6-4-12)28-10-9-15-18(21(28)31)29(27-19(15)22(23,24)25)17-8-7-14(32-2)11-16(17)20(26)30/h3-8,11H,9-10H2,1-2H3,(H2,26,30). The fourth-order valence-corrected chi connectivity index (χ4v) is 3.76. The van der Waals surface area contributed by atoms with Gasteiger partial charge in [-0.2, -0.15) is 18.3 Å². The second kappa shape index (κ2) is 7.70. The minimum absolute atomic E-state index is 0.0378. The number of carbonyl (C=O) groups is 2. The van der Waals surface area contributed by atoms with Gasteiger partial charge in [0.05, 0.1) is 18.4 Å². The highest BCUT2D eigenvalue weighted by Gasteiger charge is 2.43. The number of primary amides is 1. The number of hydrogen-bond acceptors (Lipinski definition) is 4. The number of benzene rings is 2. The van der Waals surface area contributed by atoms with Gasteiger partial charge in [0, 0.05) is 17.8 Å². The Bertz CT molecular complexity index is 1220. The Morgan fingerprint density at radius 2 is 1.84 bits per heavy atom. The summed E-state index contributed by atoms with van der Waals surface area (Å²) in [6.45, 7) is 1.95. The summed E-state index contributed by atoms with van der Waals surface area (Å²) in [6.07, 6.45) is -4.83. The number of fused-ring (bicyclic) bond motifs is 1. The van der Waals surface area contributed by atoms with Crippen molar-refractivity contribution in [2.24, 2.45) is 5.73 Å². The van der Waals surface area contributed by atoms with E-state index in [1.165, 1.54) is 30.2 Å². The minimum atomic E-state index is -4.78. The summed E-state index contributed by atoms with van der Waals surface area (Å²) in [5.41, 5.74) is 5.21. The van der Waals surface area contributed by atoms with Crippen molar-refractivity contribution in [1.29, 1.82) is 0 Å². The molecular weight excluding hydrogens is 425 g/mol. The number of alkyl halides is 3.